The molecular formula is C15H22N2O3. The normalized spacial score (nSPS) is 17.6. The van der Waals surface area contributed by atoms with Crippen molar-refractivity contribution in [3.8, 4) is 0 Å². The van der Waals surface area contributed by atoms with Crippen molar-refractivity contribution in [2.24, 2.45) is 5.92 Å². The molecule has 1 amide bonds. The lowest BCUT2D eigenvalue weighted by Gasteiger charge is -2.28. The molecule has 0 aromatic carbocycles. The predicted octanol–water partition coefficient (Wildman–Crippen LogP) is 2.27. The smallest absolute Gasteiger partial charge is 0.352 e. The van der Waals surface area contributed by atoms with E-state index < -0.39 is 5.97 Å². The Morgan fingerprint density at radius 2 is 2.10 bits per heavy atom. The van der Waals surface area contributed by atoms with Gasteiger partial charge in [0.25, 0.3) is 0 Å². The number of aromatic nitrogens is 1. The van der Waals surface area contributed by atoms with E-state index in [0.29, 0.717) is 5.92 Å². The van der Waals surface area contributed by atoms with Crippen molar-refractivity contribution in [1.82, 2.24) is 9.88 Å². The summed E-state index contributed by atoms with van der Waals surface area (Å²) in [4.78, 5) is 23.0. The number of rotatable bonds is 5. The molecule has 2 rings (SSSR count). The summed E-state index contributed by atoms with van der Waals surface area (Å²) >= 11 is 0. The molecule has 1 atom stereocenters. The Balaban J connectivity index is 1.88. The lowest BCUT2D eigenvalue weighted by atomic mass is 9.84. The van der Waals surface area contributed by atoms with E-state index in [1.165, 1.54) is 42.7 Å². The van der Waals surface area contributed by atoms with Crippen molar-refractivity contribution in [2.75, 3.05) is 0 Å². The zero-order valence-electron chi connectivity index (χ0n) is 11.8. The van der Waals surface area contributed by atoms with Crippen LogP contribution in [0.1, 0.15) is 49.5 Å². The highest BCUT2D eigenvalue weighted by molar-refractivity contribution is 5.86. The van der Waals surface area contributed by atoms with E-state index >= 15 is 0 Å². The third-order valence-electron chi connectivity index (χ3n) is 4.11. The average molecular weight is 278 g/mol. The molecule has 0 bridgehead atoms. The van der Waals surface area contributed by atoms with Crippen LogP contribution in [0.15, 0.2) is 18.3 Å². The highest BCUT2D eigenvalue weighted by Crippen LogP contribution is 2.26. The molecule has 1 aliphatic carbocycles. The van der Waals surface area contributed by atoms with Gasteiger partial charge in [-0.25, -0.2) is 4.79 Å². The molecule has 2 N–H and O–H groups in total. The maximum atomic E-state index is 12.0. The summed E-state index contributed by atoms with van der Waals surface area (Å²) < 4.78 is 1.46. The lowest BCUT2D eigenvalue weighted by Crippen LogP contribution is -2.40. The molecule has 1 aromatic heterocycles. The number of carbonyl (C=O) groups is 2. The first-order valence-electron chi connectivity index (χ1n) is 7.25. The summed E-state index contributed by atoms with van der Waals surface area (Å²) in [5.74, 6) is -0.582. The summed E-state index contributed by atoms with van der Waals surface area (Å²) in [7, 11) is 0. The fraction of sp³-hybridized carbons (Fsp3) is 0.600. The van der Waals surface area contributed by atoms with Crippen LogP contribution in [0.5, 0.6) is 0 Å². The Kier molecular flexibility index (Phi) is 4.82. The van der Waals surface area contributed by atoms with Gasteiger partial charge in [0.1, 0.15) is 12.2 Å². The van der Waals surface area contributed by atoms with Crippen LogP contribution in [-0.2, 0) is 11.3 Å². The van der Waals surface area contributed by atoms with Gasteiger partial charge < -0.3 is 15.0 Å². The maximum absolute atomic E-state index is 12.0. The monoisotopic (exact) mass is 278 g/mol. The van der Waals surface area contributed by atoms with E-state index in [9.17, 15) is 9.59 Å². The lowest BCUT2D eigenvalue weighted by molar-refractivity contribution is -0.122. The van der Waals surface area contributed by atoms with Crippen molar-refractivity contribution in [3.05, 3.63) is 24.0 Å². The molecule has 1 saturated carbocycles. The molecule has 0 saturated heterocycles. The second-order valence-corrected chi connectivity index (χ2v) is 5.58. The molecule has 0 spiro atoms. The van der Waals surface area contributed by atoms with E-state index in [-0.39, 0.29) is 24.2 Å². The summed E-state index contributed by atoms with van der Waals surface area (Å²) in [6.45, 7) is 2.10. The second-order valence-electron chi connectivity index (χ2n) is 5.58. The van der Waals surface area contributed by atoms with Gasteiger partial charge in [-0.1, -0.05) is 19.3 Å². The first kappa shape index (κ1) is 14.6. The summed E-state index contributed by atoms with van der Waals surface area (Å²) in [5, 5.41) is 12.0. The van der Waals surface area contributed by atoms with Gasteiger partial charge >= 0.3 is 5.97 Å². The zero-order valence-corrected chi connectivity index (χ0v) is 11.8. The minimum atomic E-state index is -1.01. The van der Waals surface area contributed by atoms with Crippen molar-refractivity contribution in [3.63, 3.8) is 0 Å². The summed E-state index contributed by atoms with van der Waals surface area (Å²) in [6, 6.07) is 3.30. The number of amides is 1. The zero-order chi connectivity index (χ0) is 14.5. The fourth-order valence-electron chi connectivity index (χ4n) is 2.95. The Morgan fingerprint density at radius 3 is 2.75 bits per heavy atom. The third-order valence-corrected chi connectivity index (χ3v) is 4.11. The van der Waals surface area contributed by atoms with Crippen LogP contribution in [0.25, 0.3) is 0 Å². The van der Waals surface area contributed by atoms with E-state index in [1.54, 1.807) is 12.3 Å². The quantitative estimate of drug-likeness (QED) is 0.868. The molecule has 110 valence electrons. The van der Waals surface area contributed by atoms with Crippen LogP contribution in [0.2, 0.25) is 0 Å². The molecule has 1 unspecified atom stereocenters. The fourth-order valence-corrected chi connectivity index (χ4v) is 2.95. The molecule has 5 nitrogen and oxygen atoms in total. The van der Waals surface area contributed by atoms with Crippen LogP contribution in [0.4, 0.5) is 0 Å². The van der Waals surface area contributed by atoms with Gasteiger partial charge in [0, 0.05) is 12.2 Å². The molecule has 20 heavy (non-hydrogen) atoms. The van der Waals surface area contributed by atoms with Crippen LogP contribution >= 0.6 is 0 Å². The SMILES string of the molecule is CC(NC(=O)Cn1cccc1C(=O)O)C1CCCCC1. The third kappa shape index (κ3) is 3.62. The van der Waals surface area contributed by atoms with Gasteiger partial charge in [-0.3, -0.25) is 4.79 Å². The Morgan fingerprint density at radius 1 is 1.40 bits per heavy atom. The predicted molar refractivity (Wildman–Crippen MR) is 75.6 cm³/mol. The minimum Gasteiger partial charge on any atom is -0.477 e. The number of nitrogens with one attached hydrogen (secondary N) is 1. The van der Waals surface area contributed by atoms with Crippen LogP contribution < -0.4 is 5.32 Å². The van der Waals surface area contributed by atoms with Gasteiger partial charge in [0.15, 0.2) is 0 Å². The van der Waals surface area contributed by atoms with E-state index in [1.807, 2.05) is 6.92 Å². The number of aromatic carboxylic acids is 1. The molecule has 1 aromatic rings. The highest BCUT2D eigenvalue weighted by atomic mass is 16.4. The van der Waals surface area contributed by atoms with Crippen molar-refractivity contribution in [1.29, 1.82) is 0 Å². The molecule has 0 aliphatic heterocycles. The first-order valence-corrected chi connectivity index (χ1v) is 7.25. The number of hydrogen-bond acceptors (Lipinski definition) is 2. The molecule has 1 heterocycles. The number of hydrogen-bond donors (Lipinski definition) is 2. The molecule has 0 radical (unpaired) electrons. The minimum absolute atomic E-state index is 0.0612. The van der Waals surface area contributed by atoms with Crippen molar-refractivity contribution >= 4 is 11.9 Å². The molecule has 5 heteroatoms. The number of carboxylic acid groups (broad SMARTS) is 1. The Bertz CT molecular complexity index is 475. The maximum Gasteiger partial charge on any atom is 0.352 e. The number of nitrogens with zero attached hydrogens (tertiary/aromatic N) is 1. The van der Waals surface area contributed by atoms with Crippen LogP contribution in [0, 0.1) is 5.92 Å². The van der Waals surface area contributed by atoms with Gasteiger partial charge in [-0.05, 0) is 37.8 Å². The van der Waals surface area contributed by atoms with Crippen LogP contribution in [-0.4, -0.2) is 27.6 Å². The largest absolute Gasteiger partial charge is 0.477 e. The van der Waals surface area contributed by atoms with Crippen molar-refractivity contribution in [2.45, 2.75) is 51.6 Å². The molecule has 1 fully saturated rings. The summed E-state index contributed by atoms with van der Waals surface area (Å²) in [5.41, 5.74) is 0.144. The second kappa shape index (κ2) is 6.59. The van der Waals surface area contributed by atoms with Gasteiger partial charge in [0.05, 0.1) is 0 Å². The highest BCUT2D eigenvalue weighted by Gasteiger charge is 2.21. The van der Waals surface area contributed by atoms with Gasteiger partial charge in [-0.2, -0.15) is 0 Å². The number of carbonyl (C=O) groups excluding carboxylic acids is 1. The number of carboxylic acids is 1. The molecular weight excluding hydrogens is 256 g/mol. The standard InChI is InChI=1S/C15H22N2O3/c1-11(12-6-3-2-4-7-12)16-14(18)10-17-9-5-8-13(17)15(19)20/h5,8-9,11-12H,2-4,6-7,10H2,1H3,(H,16,18)(H,19,20). The molecule has 1 aliphatic rings. The van der Waals surface area contributed by atoms with E-state index in [0.717, 1.165) is 0 Å². The van der Waals surface area contributed by atoms with Crippen molar-refractivity contribution < 1.29 is 14.7 Å². The summed E-state index contributed by atoms with van der Waals surface area (Å²) in [6.07, 6.45) is 7.74. The Labute approximate surface area is 119 Å². The van der Waals surface area contributed by atoms with E-state index in [4.69, 9.17) is 5.11 Å². The van der Waals surface area contributed by atoms with Crippen LogP contribution in [0.3, 0.4) is 0 Å². The Hall–Kier alpha value is -1.78. The topological polar surface area (TPSA) is 71.3 Å². The van der Waals surface area contributed by atoms with Gasteiger partial charge in [0.2, 0.25) is 5.91 Å². The van der Waals surface area contributed by atoms with Gasteiger partial charge in [-0.15, -0.1) is 0 Å². The van der Waals surface area contributed by atoms with E-state index in [2.05, 4.69) is 5.32 Å². The average Bonchev–Trinajstić information content (AvgIpc) is 2.87. The first-order chi connectivity index (χ1) is 9.58.